The first-order chi connectivity index (χ1) is 16.7. The lowest BCUT2D eigenvalue weighted by atomic mass is 9.63. The molecule has 2 unspecified atom stereocenters. The molecule has 9 heteroatoms. The Kier molecular flexibility index (Phi) is 4.45. The number of anilines is 1. The zero-order chi connectivity index (χ0) is 24.6. The van der Waals surface area contributed by atoms with Crippen molar-refractivity contribution < 1.29 is 9.72 Å². The van der Waals surface area contributed by atoms with E-state index < -0.39 is 15.8 Å². The number of non-ortho nitro benzene ring substituents is 1. The molecule has 1 saturated carbocycles. The molecule has 2 aliphatic carbocycles. The molecule has 0 spiro atoms. The van der Waals surface area contributed by atoms with Gasteiger partial charge in [-0.15, -0.1) is 11.3 Å². The van der Waals surface area contributed by atoms with Gasteiger partial charge in [0.25, 0.3) is 5.69 Å². The lowest BCUT2D eigenvalue weighted by Crippen LogP contribution is -2.48. The van der Waals surface area contributed by atoms with Crippen molar-refractivity contribution in [2.24, 2.45) is 5.41 Å². The van der Waals surface area contributed by atoms with Crippen LogP contribution in [-0.4, -0.2) is 25.8 Å². The number of amides is 1. The largest absolute Gasteiger partial charge is 0.301 e. The molecular formula is C26H23N5O3S. The van der Waals surface area contributed by atoms with Crippen LogP contribution in [0.25, 0.3) is 22.3 Å². The Hall–Kier alpha value is -3.72. The number of nitrogens with zero attached hydrogens (tertiary/aromatic N) is 4. The number of hydrogen-bond acceptors (Lipinski definition) is 7. The minimum Gasteiger partial charge on any atom is -0.301 e. The zero-order valence-electron chi connectivity index (χ0n) is 19.5. The maximum atomic E-state index is 14.1. The summed E-state index contributed by atoms with van der Waals surface area (Å²) in [5.41, 5.74) is 2.49. The molecular weight excluding hydrogens is 462 g/mol. The quantitative estimate of drug-likeness (QED) is 0.296. The number of fused-ring (bicyclic) bond motifs is 6. The van der Waals surface area contributed by atoms with Gasteiger partial charge < -0.3 is 5.32 Å². The smallest absolute Gasteiger partial charge is 0.271 e. The van der Waals surface area contributed by atoms with Crippen molar-refractivity contribution >= 4 is 39.1 Å². The second kappa shape index (κ2) is 7.14. The number of thiazole rings is 1. The molecule has 176 valence electrons. The second-order valence-electron chi connectivity index (χ2n) is 10.1. The van der Waals surface area contributed by atoms with Crippen molar-refractivity contribution in [3.05, 3.63) is 75.4 Å². The van der Waals surface area contributed by atoms with Crippen LogP contribution in [-0.2, 0) is 15.6 Å². The number of aromatic nitrogens is 3. The van der Waals surface area contributed by atoms with E-state index in [4.69, 9.17) is 9.97 Å². The minimum atomic E-state index is -0.915. The highest BCUT2D eigenvalue weighted by molar-refractivity contribution is 7.14. The fourth-order valence-corrected chi connectivity index (χ4v) is 6.70. The number of hydrogen-bond donors (Lipinski definition) is 1. The average Bonchev–Trinajstić information content (AvgIpc) is 3.43. The maximum Gasteiger partial charge on any atom is 0.271 e. The molecule has 2 heterocycles. The van der Waals surface area contributed by atoms with E-state index in [0.29, 0.717) is 28.3 Å². The first-order valence-electron chi connectivity index (χ1n) is 11.5. The molecule has 2 aromatic carbocycles. The van der Waals surface area contributed by atoms with Crippen LogP contribution in [0.1, 0.15) is 45.0 Å². The van der Waals surface area contributed by atoms with Crippen molar-refractivity contribution in [2.45, 2.75) is 44.4 Å². The van der Waals surface area contributed by atoms with Crippen LogP contribution >= 0.6 is 11.3 Å². The molecule has 4 aromatic rings. The summed E-state index contributed by atoms with van der Waals surface area (Å²) in [6.07, 6.45) is 1.43. The van der Waals surface area contributed by atoms with E-state index in [0.717, 1.165) is 23.4 Å². The van der Waals surface area contributed by atoms with E-state index in [1.165, 1.54) is 23.5 Å². The van der Waals surface area contributed by atoms with E-state index in [-0.39, 0.29) is 17.0 Å². The molecule has 8 nitrogen and oxygen atoms in total. The summed E-state index contributed by atoms with van der Waals surface area (Å²) in [5, 5.41) is 16.9. The van der Waals surface area contributed by atoms with E-state index >= 15 is 0 Å². The van der Waals surface area contributed by atoms with Crippen molar-refractivity contribution in [3.8, 4) is 11.3 Å². The molecule has 0 saturated heterocycles. The summed E-state index contributed by atoms with van der Waals surface area (Å²) in [6, 6.07) is 14.3. The molecule has 2 aromatic heterocycles. The topological polar surface area (TPSA) is 111 Å². The second-order valence-corrected chi connectivity index (χ2v) is 10.9. The van der Waals surface area contributed by atoms with Crippen LogP contribution < -0.4 is 5.32 Å². The van der Waals surface area contributed by atoms with Crippen LogP contribution in [0.2, 0.25) is 0 Å². The van der Waals surface area contributed by atoms with E-state index in [9.17, 15) is 14.9 Å². The number of benzene rings is 2. The Balaban J connectivity index is 1.45. The van der Waals surface area contributed by atoms with Gasteiger partial charge in [0.15, 0.2) is 5.13 Å². The molecule has 1 N–H and O–H groups in total. The molecule has 35 heavy (non-hydrogen) atoms. The standard InChI is InChI=1S/C26H23N5O3S/c1-24(2)25(3)11-12-26(24,21-20(25)27-17-10-9-16(31(33)34)13-18(17)28-21)22(32)30-23-29-19(14-35-23)15-7-5-4-6-8-15/h4-10,13-14H,11-12H2,1-3H3,(H,29,30,32). The predicted octanol–water partition coefficient (Wildman–Crippen LogP) is 5.63. The fraction of sp³-hybridized carbons (Fsp3) is 0.308. The minimum absolute atomic E-state index is 0.0462. The van der Waals surface area contributed by atoms with Gasteiger partial charge in [-0.3, -0.25) is 14.9 Å². The van der Waals surface area contributed by atoms with Gasteiger partial charge in [0.1, 0.15) is 0 Å². The van der Waals surface area contributed by atoms with Gasteiger partial charge in [0, 0.05) is 28.5 Å². The third-order valence-corrected chi connectivity index (χ3v) is 9.17. The zero-order valence-corrected chi connectivity index (χ0v) is 20.3. The van der Waals surface area contributed by atoms with Crippen molar-refractivity contribution in [2.75, 3.05) is 5.32 Å². The van der Waals surface area contributed by atoms with Gasteiger partial charge in [0.05, 0.1) is 38.5 Å². The number of carbonyl (C=O) groups excluding carboxylic acids is 1. The Morgan fingerprint density at radius 1 is 1.00 bits per heavy atom. The third-order valence-electron chi connectivity index (χ3n) is 8.41. The molecule has 2 bridgehead atoms. The molecule has 1 fully saturated rings. The fourth-order valence-electron chi connectivity index (χ4n) is 5.98. The SMILES string of the molecule is CC12CCC(C(=O)Nc3nc(-c4ccccc4)cs3)(c3nc4cc([N+](=O)[O-])ccc4nc31)C2(C)C. The van der Waals surface area contributed by atoms with E-state index in [1.54, 1.807) is 6.07 Å². The first kappa shape index (κ1) is 21.8. The Morgan fingerprint density at radius 3 is 2.49 bits per heavy atom. The van der Waals surface area contributed by atoms with Crippen LogP contribution in [0.3, 0.4) is 0 Å². The van der Waals surface area contributed by atoms with Gasteiger partial charge in [-0.05, 0) is 24.3 Å². The molecule has 2 aliphatic rings. The van der Waals surface area contributed by atoms with Crippen LogP contribution in [0.4, 0.5) is 10.8 Å². The van der Waals surface area contributed by atoms with Crippen LogP contribution in [0.15, 0.2) is 53.9 Å². The summed E-state index contributed by atoms with van der Waals surface area (Å²) < 4.78 is 0. The van der Waals surface area contributed by atoms with Crippen molar-refractivity contribution in [3.63, 3.8) is 0 Å². The average molecular weight is 486 g/mol. The Morgan fingerprint density at radius 2 is 1.74 bits per heavy atom. The third kappa shape index (κ3) is 2.78. The molecule has 0 radical (unpaired) electrons. The van der Waals surface area contributed by atoms with Gasteiger partial charge >= 0.3 is 0 Å². The number of nitrogens with one attached hydrogen (secondary N) is 1. The first-order valence-corrected chi connectivity index (χ1v) is 12.3. The van der Waals surface area contributed by atoms with Crippen LogP contribution in [0.5, 0.6) is 0 Å². The Labute approximate surface area is 205 Å². The summed E-state index contributed by atoms with van der Waals surface area (Å²) >= 11 is 1.39. The summed E-state index contributed by atoms with van der Waals surface area (Å²) in [6.45, 7) is 6.36. The van der Waals surface area contributed by atoms with Crippen LogP contribution in [0, 0.1) is 15.5 Å². The van der Waals surface area contributed by atoms with Gasteiger partial charge in [-0.25, -0.2) is 15.0 Å². The monoisotopic (exact) mass is 485 g/mol. The summed E-state index contributed by atoms with van der Waals surface area (Å²) in [7, 11) is 0. The van der Waals surface area contributed by atoms with Gasteiger partial charge in [0.2, 0.25) is 5.91 Å². The van der Waals surface area contributed by atoms with Crippen molar-refractivity contribution in [1.29, 1.82) is 0 Å². The molecule has 6 rings (SSSR count). The highest BCUT2D eigenvalue weighted by atomic mass is 32.1. The highest BCUT2D eigenvalue weighted by Crippen LogP contribution is 2.70. The highest BCUT2D eigenvalue weighted by Gasteiger charge is 2.73. The molecule has 2 atom stereocenters. The molecule has 1 amide bonds. The van der Waals surface area contributed by atoms with Gasteiger partial charge in [-0.2, -0.15) is 0 Å². The lowest BCUT2D eigenvalue weighted by Gasteiger charge is -2.39. The Bertz CT molecular complexity index is 1530. The van der Waals surface area contributed by atoms with E-state index in [2.05, 4.69) is 31.1 Å². The van der Waals surface area contributed by atoms with E-state index in [1.807, 2.05) is 35.7 Å². The molecule has 0 aliphatic heterocycles. The van der Waals surface area contributed by atoms with Crippen molar-refractivity contribution in [1.82, 2.24) is 15.0 Å². The predicted molar refractivity (Wildman–Crippen MR) is 134 cm³/mol. The normalized spacial score (nSPS) is 23.9. The maximum absolute atomic E-state index is 14.1. The number of carbonyl (C=O) groups is 1. The number of nitro benzene ring substituents is 1. The summed E-state index contributed by atoms with van der Waals surface area (Å²) in [4.78, 5) is 39.4. The lowest BCUT2D eigenvalue weighted by molar-refractivity contribution is -0.384. The summed E-state index contributed by atoms with van der Waals surface area (Å²) in [5.74, 6) is -0.155. The van der Waals surface area contributed by atoms with Gasteiger partial charge in [-0.1, -0.05) is 51.1 Å². The number of rotatable bonds is 4. The number of nitro groups is 1.